The lowest BCUT2D eigenvalue weighted by molar-refractivity contribution is 0.0870. The van der Waals surface area contributed by atoms with E-state index in [2.05, 4.69) is 15.6 Å². The fraction of sp³-hybridized carbons (Fsp3) is 0.227. The van der Waals surface area contributed by atoms with Crippen LogP contribution in [-0.4, -0.2) is 53.4 Å². The van der Waals surface area contributed by atoms with E-state index in [0.717, 1.165) is 16.3 Å². The lowest BCUT2D eigenvalue weighted by Crippen LogP contribution is -2.47. The molecule has 0 aliphatic heterocycles. The molecule has 0 bridgehead atoms. The van der Waals surface area contributed by atoms with E-state index < -0.39 is 18.2 Å². The fourth-order valence-electron chi connectivity index (χ4n) is 2.85. The molecule has 0 aliphatic rings. The first-order valence-electron chi connectivity index (χ1n) is 9.61. The van der Waals surface area contributed by atoms with E-state index in [4.69, 9.17) is 16.3 Å². The molecule has 8 nitrogen and oxygen atoms in total. The van der Waals surface area contributed by atoms with Crippen LogP contribution in [0.3, 0.4) is 0 Å². The molecular weight excluding hydrogens is 420 g/mol. The number of halogens is 1. The van der Waals surface area contributed by atoms with E-state index in [1.807, 2.05) is 30.3 Å². The Bertz CT molecular complexity index is 1060. The van der Waals surface area contributed by atoms with E-state index in [-0.39, 0.29) is 19.8 Å². The quantitative estimate of drug-likeness (QED) is 0.518. The maximum Gasteiger partial charge on any atom is 0.412 e. The van der Waals surface area contributed by atoms with Gasteiger partial charge >= 0.3 is 12.1 Å². The summed E-state index contributed by atoms with van der Waals surface area (Å²) in [5, 5.41) is 17.3. The van der Waals surface area contributed by atoms with Gasteiger partial charge in [-0.1, -0.05) is 54.1 Å². The number of ether oxygens (including phenoxy) is 1. The minimum absolute atomic E-state index is 0.189. The number of fused-ring (bicyclic) bond motifs is 1. The predicted molar refractivity (Wildman–Crippen MR) is 119 cm³/mol. The van der Waals surface area contributed by atoms with Crippen LogP contribution in [0.1, 0.15) is 5.56 Å². The minimum Gasteiger partial charge on any atom is -0.447 e. The number of amides is 3. The van der Waals surface area contributed by atoms with Crippen LogP contribution >= 0.6 is 11.6 Å². The smallest absolute Gasteiger partial charge is 0.412 e. The van der Waals surface area contributed by atoms with Gasteiger partial charge in [-0.15, -0.1) is 0 Å². The SMILES string of the molecule is CN(C(=O)NCc1ccccc1Cl)[C@@H](CO)COC(=O)Nc1cc2ccccc2cn1. The predicted octanol–water partition coefficient (Wildman–Crippen LogP) is 3.64. The topological polar surface area (TPSA) is 104 Å². The van der Waals surface area contributed by atoms with Crippen LogP contribution in [0.4, 0.5) is 15.4 Å². The Morgan fingerprint density at radius 2 is 1.87 bits per heavy atom. The summed E-state index contributed by atoms with van der Waals surface area (Å²) in [6.07, 6.45) is 0.921. The number of nitrogens with one attached hydrogen (secondary N) is 2. The number of pyridine rings is 1. The fourth-order valence-corrected chi connectivity index (χ4v) is 3.06. The molecule has 0 fully saturated rings. The number of aliphatic hydroxyl groups is 1. The average Bonchev–Trinajstić information content (AvgIpc) is 2.78. The van der Waals surface area contributed by atoms with Crippen molar-refractivity contribution in [3.05, 3.63) is 71.4 Å². The highest BCUT2D eigenvalue weighted by Crippen LogP contribution is 2.16. The second-order valence-corrected chi connectivity index (χ2v) is 7.24. The molecule has 31 heavy (non-hydrogen) atoms. The minimum atomic E-state index is -0.730. The highest BCUT2D eigenvalue weighted by molar-refractivity contribution is 6.31. The van der Waals surface area contributed by atoms with Gasteiger partial charge in [0.1, 0.15) is 12.4 Å². The number of rotatable bonds is 7. The van der Waals surface area contributed by atoms with Gasteiger partial charge in [0.05, 0.1) is 12.6 Å². The van der Waals surface area contributed by atoms with E-state index in [9.17, 15) is 14.7 Å². The molecular formula is C22H23ClN4O4. The van der Waals surface area contributed by atoms with Crippen molar-refractivity contribution in [1.82, 2.24) is 15.2 Å². The summed E-state index contributed by atoms with van der Waals surface area (Å²) in [4.78, 5) is 30.0. The molecule has 3 aromatic rings. The summed E-state index contributed by atoms with van der Waals surface area (Å²) < 4.78 is 5.17. The number of hydrogen-bond acceptors (Lipinski definition) is 5. The lowest BCUT2D eigenvalue weighted by atomic mass is 10.2. The van der Waals surface area contributed by atoms with Crippen LogP contribution in [0.2, 0.25) is 5.02 Å². The molecule has 9 heteroatoms. The maximum absolute atomic E-state index is 12.4. The molecule has 2 aromatic carbocycles. The Kier molecular flexibility index (Phi) is 7.64. The molecule has 0 saturated carbocycles. The van der Waals surface area contributed by atoms with Crippen molar-refractivity contribution in [1.29, 1.82) is 0 Å². The first-order valence-corrected chi connectivity index (χ1v) is 9.99. The molecule has 1 atom stereocenters. The first kappa shape index (κ1) is 22.3. The monoisotopic (exact) mass is 442 g/mol. The number of likely N-dealkylation sites (N-methyl/N-ethyl adjacent to an activating group) is 1. The van der Waals surface area contributed by atoms with Crippen LogP contribution in [0.5, 0.6) is 0 Å². The third-order valence-corrected chi connectivity index (χ3v) is 5.10. The van der Waals surface area contributed by atoms with Crippen LogP contribution < -0.4 is 10.6 Å². The summed E-state index contributed by atoms with van der Waals surface area (Å²) in [5.74, 6) is 0.343. The first-order chi connectivity index (χ1) is 15.0. The lowest BCUT2D eigenvalue weighted by Gasteiger charge is -2.26. The Morgan fingerprint density at radius 1 is 1.16 bits per heavy atom. The Labute approximate surface area is 184 Å². The van der Waals surface area contributed by atoms with Crippen molar-refractivity contribution in [3.63, 3.8) is 0 Å². The van der Waals surface area contributed by atoms with Gasteiger partial charge in [0.2, 0.25) is 0 Å². The van der Waals surface area contributed by atoms with Gasteiger partial charge in [0.25, 0.3) is 0 Å². The zero-order valence-electron chi connectivity index (χ0n) is 16.9. The Balaban J connectivity index is 1.50. The van der Waals surface area contributed by atoms with Gasteiger partial charge in [-0.2, -0.15) is 0 Å². The molecule has 3 N–H and O–H groups in total. The van der Waals surface area contributed by atoms with Crippen LogP contribution in [0.25, 0.3) is 10.8 Å². The van der Waals surface area contributed by atoms with Crippen LogP contribution in [0.15, 0.2) is 60.8 Å². The molecule has 0 aliphatic carbocycles. The Hall–Kier alpha value is -3.36. The van der Waals surface area contributed by atoms with Crippen LogP contribution in [-0.2, 0) is 11.3 Å². The number of carbonyl (C=O) groups excluding carboxylic acids is 2. The number of nitrogens with zero attached hydrogens (tertiary/aromatic N) is 2. The summed E-state index contributed by atoms with van der Waals surface area (Å²) in [6, 6.07) is 15.4. The van der Waals surface area contributed by atoms with E-state index >= 15 is 0 Å². The summed E-state index contributed by atoms with van der Waals surface area (Å²) in [5.41, 5.74) is 0.768. The average molecular weight is 443 g/mol. The maximum atomic E-state index is 12.4. The normalized spacial score (nSPS) is 11.6. The molecule has 0 unspecified atom stereocenters. The van der Waals surface area contributed by atoms with Gasteiger partial charge in [-0.25, -0.2) is 14.6 Å². The molecule has 0 radical (unpaired) electrons. The number of anilines is 1. The number of carbonyl (C=O) groups is 2. The molecule has 162 valence electrons. The number of aromatic nitrogens is 1. The van der Waals surface area contributed by atoms with Gasteiger partial charge in [0.15, 0.2) is 0 Å². The second kappa shape index (κ2) is 10.6. The second-order valence-electron chi connectivity index (χ2n) is 6.84. The summed E-state index contributed by atoms with van der Waals surface area (Å²) in [6.45, 7) is -0.334. The number of urea groups is 1. The van der Waals surface area contributed by atoms with Gasteiger partial charge in [0, 0.05) is 30.2 Å². The van der Waals surface area contributed by atoms with Crippen molar-refractivity contribution in [2.75, 3.05) is 25.6 Å². The van der Waals surface area contributed by atoms with Crippen molar-refractivity contribution in [3.8, 4) is 0 Å². The largest absolute Gasteiger partial charge is 0.447 e. The van der Waals surface area contributed by atoms with Crippen LogP contribution in [0, 0.1) is 0 Å². The summed E-state index contributed by atoms with van der Waals surface area (Å²) in [7, 11) is 1.51. The molecule has 0 spiro atoms. The molecule has 0 saturated heterocycles. The van der Waals surface area contributed by atoms with Crippen molar-refractivity contribution < 1.29 is 19.4 Å². The molecule has 3 rings (SSSR count). The van der Waals surface area contributed by atoms with Gasteiger partial charge < -0.3 is 20.1 Å². The van der Waals surface area contributed by atoms with Gasteiger partial charge in [-0.3, -0.25) is 5.32 Å². The molecule has 1 aromatic heterocycles. The van der Waals surface area contributed by atoms with Crippen molar-refractivity contribution >= 4 is 40.3 Å². The third-order valence-electron chi connectivity index (χ3n) is 4.73. The van der Waals surface area contributed by atoms with E-state index in [1.165, 1.54) is 11.9 Å². The number of hydrogen-bond donors (Lipinski definition) is 3. The highest BCUT2D eigenvalue weighted by Gasteiger charge is 2.21. The van der Waals surface area contributed by atoms with Crippen molar-refractivity contribution in [2.45, 2.75) is 12.6 Å². The van der Waals surface area contributed by atoms with E-state index in [1.54, 1.807) is 30.5 Å². The summed E-state index contributed by atoms with van der Waals surface area (Å²) >= 11 is 6.09. The molecule has 3 amide bonds. The molecule has 1 heterocycles. The number of benzene rings is 2. The zero-order valence-corrected chi connectivity index (χ0v) is 17.7. The zero-order chi connectivity index (χ0) is 22.2. The Morgan fingerprint density at radius 3 is 2.61 bits per heavy atom. The third kappa shape index (κ3) is 6.07. The number of aliphatic hydroxyl groups excluding tert-OH is 1. The standard InChI is InChI=1S/C22H23ClN4O4/c1-27(21(29)25-12-17-8-4-5-9-19(17)23)18(13-28)14-31-22(30)26-20-10-15-6-2-3-7-16(15)11-24-20/h2-11,18,28H,12-14H2,1H3,(H,25,29)(H,24,26,30)/t18-/m0/s1. The highest BCUT2D eigenvalue weighted by atomic mass is 35.5. The van der Waals surface area contributed by atoms with E-state index in [0.29, 0.717) is 10.8 Å². The van der Waals surface area contributed by atoms with Gasteiger partial charge in [-0.05, 0) is 23.1 Å². The van der Waals surface area contributed by atoms with Crippen molar-refractivity contribution in [2.24, 2.45) is 0 Å².